The zero-order valence-corrected chi connectivity index (χ0v) is 9.36. The highest BCUT2D eigenvalue weighted by Crippen LogP contribution is 2.27. The zero-order valence-electron chi connectivity index (χ0n) is 9.36. The first-order valence-electron chi connectivity index (χ1n) is 5.71. The van der Waals surface area contributed by atoms with Gasteiger partial charge < -0.3 is 9.84 Å². The van der Waals surface area contributed by atoms with Crippen LogP contribution in [0.4, 0.5) is 0 Å². The van der Waals surface area contributed by atoms with Crippen LogP contribution in [0.5, 0.6) is 0 Å². The molecule has 1 aliphatic rings. The first-order valence-corrected chi connectivity index (χ1v) is 5.71. The van der Waals surface area contributed by atoms with E-state index in [4.69, 9.17) is 4.74 Å². The van der Waals surface area contributed by atoms with Gasteiger partial charge in [0.25, 0.3) is 5.56 Å². The third-order valence-corrected chi connectivity index (χ3v) is 2.98. The van der Waals surface area contributed by atoms with Crippen LogP contribution in [0.3, 0.4) is 0 Å². The first kappa shape index (κ1) is 11.0. The summed E-state index contributed by atoms with van der Waals surface area (Å²) in [4.78, 5) is 23.3. The zero-order chi connectivity index (χ0) is 11.5. The van der Waals surface area contributed by atoms with E-state index in [1.165, 1.54) is 6.20 Å². The van der Waals surface area contributed by atoms with Crippen LogP contribution >= 0.6 is 0 Å². The highest BCUT2D eigenvalue weighted by atomic mass is 16.5. The van der Waals surface area contributed by atoms with Crippen LogP contribution in [0.25, 0.3) is 0 Å². The highest BCUT2D eigenvalue weighted by molar-refractivity contribution is 5.88. The number of carbonyl (C=O) groups is 1. The minimum atomic E-state index is -0.541. The van der Waals surface area contributed by atoms with E-state index < -0.39 is 5.97 Å². The number of hydrogen-bond acceptors (Lipinski definition) is 3. The maximum atomic E-state index is 11.9. The lowest BCUT2D eigenvalue weighted by Gasteiger charge is -2.08. The Hall–Kier alpha value is -1.52. The molecule has 1 N–H and O–H groups in total. The van der Waals surface area contributed by atoms with Gasteiger partial charge in [-0.25, -0.2) is 9.48 Å². The Labute approximate surface area is 93.4 Å². The van der Waals surface area contributed by atoms with Crippen LogP contribution in [0, 0.1) is 0 Å². The molecule has 0 aromatic carbocycles. The van der Waals surface area contributed by atoms with Crippen molar-refractivity contribution in [3.8, 4) is 0 Å². The molecule has 1 saturated carbocycles. The Morgan fingerprint density at radius 1 is 1.56 bits per heavy atom. The molecule has 0 amide bonds. The standard InChI is InChI=1S/C11H16N2O3/c1-2-16-11(15)9-7-12-13(10(9)14)8-5-3-4-6-8/h7-8,12H,2-6H2,1H3. The normalized spacial score (nSPS) is 16.6. The average Bonchev–Trinajstić information content (AvgIpc) is 2.86. The third-order valence-electron chi connectivity index (χ3n) is 2.98. The number of hydrogen-bond donors (Lipinski definition) is 1. The second kappa shape index (κ2) is 4.55. The van der Waals surface area contributed by atoms with Gasteiger partial charge in [-0.3, -0.25) is 4.79 Å². The summed E-state index contributed by atoms with van der Waals surface area (Å²) >= 11 is 0. The van der Waals surface area contributed by atoms with Crippen molar-refractivity contribution in [2.24, 2.45) is 0 Å². The second-order valence-electron chi connectivity index (χ2n) is 4.02. The van der Waals surface area contributed by atoms with Gasteiger partial charge in [0.05, 0.1) is 12.6 Å². The van der Waals surface area contributed by atoms with Gasteiger partial charge in [0.2, 0.25) is 0 Å². The van der Waals surface area contributed by atoms with E-state index in [0.717, 1.165) is 25.7 Å². The predicted molar refractivity (Wildman–Crippen MR) is 58.5 cm³/mol. The van der Waals surface area contributed by atoms with Crippen LogP contribution < -0.4 is 5.56 Å². The van der Waals surface area contributed by atoms with Gasteiger partial charge in [-0.05, 0) is 19.8 Å². The Kier molecular flexibility index (Phi) is 3.12. The Morgan fingerprint density at radius 2 is 2.25 bits per heavy atom. The molecule has 1 aromatic rings. The summed E-state index contributed by atoms with van der Waals surface area (Å²) in [7, 11) is 0. The molecule has 1 heterocycles. The topological polar surface area (TPSA) is 64.1 Å². The van der Waals surface area contributed by atoms with Gasteiger partial charge in [-0.1, -0.05) is 12.8 Å². The molecular formula is C11H16N2O3. The van der Waals surface area contributed by atoms with Crippen molar-refractivity contribution < 1.29 is 9.53 Å². The van der Waals surface area contributed by atoms with Crippen LogP contribution in [0.2, 0.25) is 0 Å². The van der Waals surface area contributed by atoms with E-state index >= 15 is 0 Å². The molecular weight excluding hydrogens is 208 g/mol. The van der Waals surface area contributed by atoms with Crippen LogP contribution in [-0.2, 0) is 4.74 Å². The van der Waals surface area contributed by atoms with Crippen molar-refractivity contribution in [1.82, 2.24) is 9.78 Å². The van der Waals surface area contributed by atoms with Crippen LogP contribution in [0.15, 0.2) is 11.0 Å². The van der Waals surface area contributed by atoms with E-state index in [2.05, 4.69) is 5.10 Å². The molecule has 0 aliphatic heterocycles. The van der Waals surface area contributed by atoms with Crippen molar-refractivity contribution >= 4 is 5.97 Å². The van der Waals surface area contributed by atoms with Crippen molar-refractivity contribution in [2.75, 3.05) is 6.61 Å². The number of aromatic nitrogens is 2. The van der Waals surface area contributed by atoms with Crippen molar-refractivity contribution in [3.63, 3.8) is 0 Å². The molecule has 0 radical (unpaired) electrons. The molecule has 1 aromatic heterocycles. The highest BCUT2D eigenvalue weighted by Gasteiger charge is 2.22. The second-order valence-corrected chi connectivity index (χ2v) is 4.02. The third kappa shape index (κ3) is 1.89. The minimum absolute atomic E-state index is 0.105. The number of H-pyrrole nitrogens is 1. The molecule has 0 bridgehead atoms. The molecule has 0 spiro atoms. The predicted octanol–water partition coefficient (Wildman–Crippen LogP) is 1.47. The van der Waals surface area contributed by atoms with Gasteiger partial charge in [0.15, 0.2) is 0 Å². The SMILES string of the molecule is CCOC(=O)c1c[nH]n(C2CCCC2)c1=O. The average molecular weight is 224 g/mol. The van der Waals surface area contributed by atoms with E-state index in [1.807, 2.05) is 0 Å². The number of carbonyl (C=O) groups excluding carboxylic acids is 1. The van der Waals surface area contributed by atoms with Crippen LogP contribution in [0.1, 0.15) is 49.0 Å². The minimum Gasteiger partial charge on any atom is -0.462 e. The first-order chi connectivity index (χ1) is 7.74. The summed E-state index contributed by atoms with van der Waals surface area (Å²) in [5.41, 5.74) is -0.154. The van der Waals surface area contributed by atoms with E-state index in [1.54, 1.807) is 11.6 Å². The molecule has 0 atom stereocenters. The number of esters is 1. The quantitative estimate of drug-likeness (QED) is 0.791. The number of rotatable bonds is 3. The summed E-state index contributed by atoms with van der Waals surface area (Å²) in [6.07, 6.45) is 5.74. The number of ether oxygens (including phenoxy) is 1. The molecule has 2 rings (SSSR count). The van der Waals surface area contributed by atoms with Gasteiger partial charge in [0, 0.05) is 6.20 Å². The lowest BCUT2D eigenvalue weighted by Crippen LogP contribution is -2.25. The fourth-order valence-electron chi connectivity index (χ4n) is 2.17. The van der Waals surface area contributed by atoms with Crippen molar-refractivity contribution in [3.05, 3.63) is 22.1 Å². The van der Waals surface area contributed by atoms with E-state index in [-0.39, 0.29) is 23.8 Å². The summed E-state index contributed by atoms with van der Waals surface area (Å²) in [5.74, 6) is -0.541. The molecule has 5 heteroatoms. The molecule has 0 saturated heterocycles. The molecule has 0 unspecified atom stereocenters. The van der Waals surface area contributed by atoms with Gasteiger partial charge in [0.1, 0.15) is 5.56 Å². The summed E-state index contributed by atoms with van der Waals surface area (Å²) in [5, 5.41) is 2.86. The smallest absolute Gasteiger partial charge is 0.345 e. The maximum Gasteiger partial charge on any atom is 0.345 e. The molecule has 16 heavy (non-hydrogen) atoms. The molecule has 88 valence electrons. The lowest BCUT2D eigenvalue weighted by molar-refractivity contribution is 0.0524. The Balaban J connectivity index is 2.23. The fraction of sp³-hybridized carbons (Fsp3) is 0.636. The van der Waals surface area contributed by atoms with Crippen molar-refractivity contribution in [1.29, 1.82) is 0 Å². The van der Waals surface area contributed by atoms with Crippen LogP contribution in [-0.4, -0.2) is 22.4 Å². The number of nitrogens with zero attached hydrogens (tertiary/aromatic N) is 1. The Morgan fingerprint density at radius 3 is 2.88 bits per heavy atom. The summed E-state index contributed by atoms with van der Waals surface area (Å²) in [6, 6.07) is 0.218. The van der Waals surface area contributed by atoms with Gasteiger partial charge in [-0.15, -0.1) is 0 Å². The molecule has 1 fully saturated rings. The van der Waals surface area contributed by atoms with Gasteiger partial charge >= 0.3 is 5.97 Å². The summed E-state index contributed by atoms with van der Waals surface area (Å²) < 4.78 is 6.37. The maximum absolute atomic E-state index is 11.9. The number of aromatic amines is 1. The monoisotopic (exact) mass is 224 g/mol. The molecule has 5 nitrogen and oxygen atoms in total. The fourth-order valence-corrected chi connectivity index (χ4v) is 2.17. The van der Waals surface area contributed by atoms with Gasteiger partial charge in [-0.2, -0.15) is 0 Å². The molecule has 1 aliphatic carbocycles. The largest absolute Gasteiger partial charge is 0.462 e. The summed E-state index contributed by atoms with van der Waals surface area (Å²) in [6.45, 7) is 2.01. The number of nitrogens with one attached hydrogen (secondary N) is 1. The lowest BCUT2D eigenvalue weighted by atomic mass is 10.2. The van der Waals surface area contributed by atoms with E-state index in [0.29, 0.717) is 0 Å². The van der Waals surface area contributed by atoms with Crippen molar-refractivity contribution in [2.45, 2.75) is 38.6 Å². The Bertz CT molecular complexity index is 427. The van der Waals surface area contributed by atoms with E-state index in [9.17, 15) is 9.59 Å².